The van der Waals surface area contributed by atoms with Crippen molar-refractivity contribution in [3.8, 4) is 10.4 Å². The Hall–Kier alpha value is -2.16. The minimum absolute atomic E-state index is 0.0504. The number of ether oxygens (including phenoxy) is 2. The van der Waals surface area contributed by atoms with Gasteiger partial charge in [-0.3, -0.25) is 0 Å². The summed E-state index contributed by atoms with van der Waals surface area (Å²) in [5.41, 5.74) is 4.23. The van der Waals surface area contributed by atoms with Crippen LogP contribution in [-0.2, 0) is 28.3 Å². The second-order valence-corrected chi connectivity index (χ2v) is 8.97. The van der Waals surface area contributed by atoms with Crippen LogP contribution in [0.3, 0.4) is 0 Å². The molecule has 3 heterocycles. The van der Waals surface area contributed by atoms with Crippen LogP contribution in [0.4, 0.5) is 4.39 Å². The first-order valence-corrected chi connectivity index (χ1v) is 11.1. The summed E-state index contributed by atoms with van der Waals surface area (Å²) in [7, 11) is 1.00. The van der Waals surface area contributed by atoms with Gasteiger partial charge in [-0.05, 0) is 48.2 Å². The minimum Gasteiger partial charge on any atom is -0.400 e. The average molecular weight is 444 g/mol. The molecular formula is C24H26FNO4S. The Kier molecular flexibility index (Phi) is 6.50. The van der Waals surface area contributed by atoms with E-state index in [1.54, 1.807) is 23.5 Å². The molecule has 7 heteroatoms. The smallest absolute Gasteiger partial charge is 0.198 e. The van der Waals surface area contributed by atoms with Crippen molar-refractivity contribution in [2.45, 2.75) is 50.8 Å². The van der Waals surface area contributed by atoms with Crippen molar-refractivity contribution >= 4 is 11.3 Å². The molecule has 3 atom stereocenters. The maximum Gasteiger partial charge on any atom is 0.198 e. The van der Waals surface area contributed by atoms with Gasteiger partial charge in [0.15, 0.2) is 5.79 Å². The Bertz CT molecular complexity index is 1030. The number of aliphatic hydroxyl groups is 2. The molecule has 1 aromatic heterocycles. The summed E-state index contributed by atoms with van der Waals surface area (Å²) in [6.45, 7) is 2.48. The topological polar surface area (TPSA) is 71.8 Å². The molecular weight excluding hydrogens is 417 g/mol. The lowest BCUT2D eigenvalue weighted by Crippen LogP contribution is -2.43. The van der Waals surface area contributed by atoms with E-state index in [4.69, 9.17) is 14.6 Å². The van der Waals surface area contributed by atoms with Crippen molar-refractivity contribution in [3.05, 3.63) is 76.2 Å². The highest BCUT2D eigenvalue weighted by molar-refractivity contribution is 7.15. The molecule has 5 nitrogen and oxygen atoms in total. The molecule has 2 unspecified atom stereocenters. The third-order valence-corrected chi connectivity index (χ3v) is 6.63. The van der Waals surface area contributed by atoms with E-state index >= 15 is 0 Å². The molecule has 0 amide bonds. The van der Waals surface area contributed by atoms with Crippen molar-refractivity contribution in [1.82, 2.24) is 4.98 Å². The van der Waals surface area contributed by atoms with Crippen LogP contribution in [0.5, 0.6) is 0 Å². The SMILES string of the molecule is CC1CC(O)C[C@@]2(OCc3ccc(Cc4ncc(-c5ccc(F)cc5)s4)cc32)O1.CO. The molecule has 5 rings (SSSR count). The summed E-state index contributed by atoms with van der Waals surface area (Å²) >= 11 is 1.61. The maximum atomic E-state index is 13.2. The third-order valence-electron chi connectivity index (χ3n) is 5.58. The van der Waals surface area contributed by atoms with Gasteiger partial charge in [0.2, 0.25) is 0 Å². The molecule has 1 saturated heterocycles. The van der Waals surface area contributed by atoms with E-state index in [9.17, 15) is 9.50 Å². The second kappa shape index (κ2) is 9.14. The molecule has 3 aromatic rings. The highest BCUT2D eigenvalue weighted by Crippen LogP contribution is 2.45. The molecule has 2 aromatic carbocycles. The molecule has 0 saturated carbocycles. The number of benzene rings is 2. The van der Waals surface area contributed by atoms with Gasteiger partial charge in [0.05, 0.1) is 28.7 Å². The van der Waals surface area contributed by atoms with Crippen molar-refractivity contribution < 1.29 is 24.1 Å². The molecule has 0 radical (unpaired) electrons. The largest absolute Gasteiger partial charge is 0.400 e. The molecule has 2 aliphatic rings. The van der Waals surface area contributed by atoms with Crippen LogP contribution in [-0.4, -0.2) is 34.5 Å². The van der Waals surface area contributed by atoms with Gasteiger partial charge in [-0.1, -0.05) is 24.3 Å². The number of hydrogen-bond donors (Lipinski definition) is 2. The van der Waals surface area contributed by atoms with E-state index in [0.29, 0.717) is 25.9 Å². The van der Waals surface area contributed by atoms with Crippen molar-refractivity contribution in [2.75, 3.05) is 7.11 Å². The molecule has 2 N–H and O–H groups in total. The van der Waals surface area contributed by atoms with E-state index in [2.05, 4.69) is 23.2 Å². The Morgan fingerprint density at radius 3 is 2.71 bits per heavy atom. The Labute approximate surface area is 185 Å². The van der Waals surface area contributed by atoms with E-state index in [-0.39, 0.29) is 11.9 Å². The highest BCUT2D eigenvalue weighted by Gasteiger charge is 2.47. The van der Waals surface area contributed by atoms with Crippen LogP contribution >= 0.6 is 11.3 Å². The number of hydrogen-bond acceptors (Lipinski definition) is 6. The molecule has 1 fully saturated rings. The molecule has 0 bridgehead atoms. The monoisotopic (exact) mass is 443 g/mol. The average Bonchev–Trinajstić information content (AvgIpc) is 3.35. The molecule has 164 valence electrons. The number of nitrogens with zero attached hydrogens (tertiary/aromatic N) is 1. The van der Waals surface area contributed by atoms with Crippen LogP contribution in [0.2, 0.25) is 0 Å². The molecule has 31 heavy (non-hydrogen) atoms. The van der Waals surface area contributed by atoms with Gasteiger partial charge in [-0.2, -0.15) is 0 Å². The molecule has 0 aliphatic carbocycles. The Morgan fingerprint density at radius 1 is 1.19 bits per heavy atom. The van der Waals surface area contributed by atoms with Crippen molar-refractivity contribution in [3.63, 3.8) is 0 Å². The zero-order chi connectivity index (χ0) is 22.0. The van der Waals surface area contributed by atoms with E-state index in [1.807, 2.05) is 13.1 Å². The van der Waals surface area contributed by atoms with Gasteiger partial charge < -0.3 is 19.7 Å². The van der Waals surface area contributed by atoms with Crippen LogP contribution in [0, 0.1) is 5.82 Å². The van der Waals surface area contributed by atoms with Gasteiger partial charge in [-0.25, -0.2) is 9.37 Å². The number of halogens is 1. The van der Waals surface area contributed by atoms with Gasteiger partial charge in [0, 0.05) is 31.7 Å². The first kappa shape index (κ1) is 22.0. The maximum absolute atomic E-state index is 13.2. The number of aliphatic hydroxyl groups excluding tert-OH is 2. The lowest BCUT2D eigenvalue weighted by molar-refractivity contribution is -0.295. The van der Waals surface area contributed by atoms with Gasteiger partial charge in [-0.15, -0.1) is 11.3 Å². The van der Waals surface area contributed by atoms with Gasteiger partial charge >= 0.3 is 0 Å². The summed E-state index contributed by atoms with van der Waals surface area (Å²) < 4.78 is 25.4. The van der Waals surface area contributed by atoms with Crippen LogP contribution in [0.25, 0.3) is 10.4 Å². The quantitative estimate of drug-likeness (QED) is 0.628. The zero-order valence-corrected chi connectivity index (χ0v) is 18.4. The number of thiazole rings is 1. The fourth-order valence-corrected chi connectivity index (χ4v) is 5.22. The first-order valence-electron chi connectivity index (χ1n) is 10.3. The Morgan fingerprint density at radius 2 is 1.97 bits per heavy atom. The number of aromatic nitrogens is 1. The standard InChI is InChI=1S/C23H22FNO3S.CH4O/c1-14-8-19(26)11-23(28-14)20-9-15(2-3-17(20)13-27-23)10-22-25-12-21(29-22)16-4-6-18(24)7-5-16;1-2/h2-7,9,12,14,19,26H,8,10-11,13H2,1H3;2H,1H3/t14?,19?,23-;/m1./s1. The van der Waals surface area contributed by atoms with Crippen LogP contribution in [0.15, 0.2) is 48.7 Å². The fourth-order valence-electron chi connectivity index (χ4n) is 4.26. The number of rotatable bonds is 3. The minimum atomic E-state index is -0.843. The summed E-state index contributed by atoms with van der Waals surface area (Å²) in [5, 5.41) is 18.3. The van der Waals surface area contributed by atoms with E-state index in [1.165, 1.54) is 12.1 Å². The van der Waals surface area contributed by atoms with Crippen LogP contribution in [0.1, 0.15) is 41.5 Å². The summed E-state index contributed by atoms with van der Waals surface area (Å²) in [4.78, 5) is 5.58. The predicted molar refractivity (Wildman–Crippen MR) is 117 cm³/mol. The molecule has 1 spiro atoms. The summed E-state index contributed by atoms with van der Waals surface area (Å²) in [6.07, 6.45) is 3.16. The highest BCUT2D eigenvalue weighted by atomic mass is 32.1. The summed E-state index contributed by atoms with van der Waals surface area (Å²) in [5.74, 6) is -1.08. The normalized spacial score (nSPS) is 24.5. The third kappa shape index (κ3) is 4.56. The van der Waals surface area contributed by atoms with Crippen LogP contribution < -0.4 is 0 Å². The lowest BCUT2D eigenvalue weighted by atomic mass is 9.90. The fraction of sp³-hybridized carbons (Fsp3) is 0.375. The summed E-state index contributed by atoms with van der Waals surface area (Å²) in [6, 6.07) is 12.8. The van der Waals surface area contributed by atoms with Gasteiger partial charge in [0.25, 0.3) is 0 Å². The number of fused-ring (bicyclic) bond motifs is 2. The van der Waals surface area contributed by atoms with Crippen molar-refractivity contribution in [2.24, 2.45) is 0 Å². The second-order valence-electron chi connectivity index (χ2n) is 7.86. The van der Waals surface area contributed by atoms with Crippen molar-refractivity contribution in [1.29, 1.82) is 0 Å². The zero-order valence-electron chi connectivity index (χ0n) is 17.5. The predicted octanol–water partition coefficient (Wildman–Crippen LogP) is 4.39. The van der Waals surface area contributed by atoms with E-state index in [0.717, 1.165) is 39.2 Å². The molecule has 2 aliphatic heterocycles. The lowest BCUT2D eigenvalue weighted by Gasteiger charge is -2.39. The Balaban J connectivity index is 0.00000112. The van der Waals surface area contributed by atoms with Gasteiger partial charge in [0.1, 0.15) is 5.82 Å². The van der Waals surface area contributed by atoms with E-state index < -0.39 is 11.9 Å². The first-order chi connectivity index (χ1) is 15.0.